The zero-order chi connectivity index (χ0) is 22.2. The van der Waals surface area contributed by atoms with E-state index >= 15 is 0 Å². The van der Waals surface area contributed by atoms with Crippen LogP contribution >= 0.6 is 11.6 Å². The molecule has 31 heavy (non-hydrogen) atoms. The van der Waals surface area contributed by atoms with Gasteiger partial charge in [-0.3, -0.25) is 14.9 Å². The highest BCUT2D eigenvalue weighted by molar-refractivity contribution is 7.89. The van der Waals surface area contributed by atoms with Crippen LogP contribution in [0.3, 0.4) is 0 Å². The van der Waals surface area contributed by atoms with Gasteiger partial charge in [0.1, 0.15) is 12.4 Å². The Hall–Kier alpha value is -2.69. The van der Waals surface area contributed by atoms with E-state index in [9.17, 15) is 23.3 Å². The van der Waals surface area contributed by atoms with Crippen LogP contribution in [0.1, 0.15) is 5.56 Å². The first-order chi connectivity index (χ1) is 14.8. The van der Waals surface area contributed by atoms with E-state index in [-0.39, 0.29) is 55.2 Å². The van der Waals surface area contributed by atoms with Gasteiger partial charge in [0.2, 0.25) is 15.9 Å². The predicted molar refractivity (Wildman–Crippen MR) is 113 cm³/mol. The molecule has 1 saturated heterocycles. The number of ether oxygens (including phenoxy) is 1. The molecule has 2 aromatic rings. The average Bonchev–Trinajstić information content (AvgIpc) is 2.78. The monoisotopic (exact) mass is 465 g/mol. The Morgan fingerprint density at radius 1 is 1.10 bits per heavy atom. The Kier molecular flexibility index (Phi) is 5.87. The Morgan fingerprint density at radius 3 is 2.42 bits per heavy atom. The molecule has 2 aliphatic rings. The molecule has 4 rings (SSSR count). The fourth-order valence-electron chi connectivity index (χ4n) is 3.82. The second-order valence-corrected chi connectivity index (χ2v) is 9.82. The number of benzene rings is 2. The standard InChI is InChI=1S/C20H20ClN3O6S/c21-16-1-6-19-14(12-16)11-15(13-30-19)20(25)22-7-9-23(10-8-22)31(28,29)18-4-2-17(3-5-18)24(26)27/h1-6,12,15H,7-11,13H2. The van der Waals surface area contributed by atoms with Crippen LogP contribution in [0.5, 0.6) is 5.75 Å². The van der Waals surface area contributed by atoms with Crippen molar-refractivity contribution in [1.29, 1.82) is 0 Å². The Balaban J connectivity index is 1.39. The van der Waals surface area contributed by atoms with E-state index in [4.69, 9.17) is 16.3 Å². The van der Waals surface area contributed by atoms with Crippen molar-refractivity contribution in [3.8, 4) is 5.75 Å². The number of carbonyl (C=O) groups is 1. The molecule has 1 unspecified atom stereocenters. The summed E-state index contributed by atoms with van der Waals surface area (Å²) < 4.78 is 32.7. The van der Waals surface area contributed by atoms with Crippen molar-refractivity contribution in [2.24, 2.45) is 5.92 Å². The fraction of sp³-hybridized carbons (Fsp3) is 0.350. The number of amides is 1. The summed E-state index contributed by atoms with van der Waals surface area (Å²) in [6.45, 7) is 1.12. The summed E-state index contributed by atoms with van der Waals surface area (Å²) >= 11 is 6.04. The summed E-state index contributed by atoms with van der Waals surface area (Å²) in [6.07, 6.45) is 0.524. The lowest BCUT2D eigenvalue weighted by molar-refractivity contribution is -0.384. The third-order valence-corrected chi connectivity index (χ3v) is 7.66. The number of carbonyl (C=O) groups excluding carboxylic acids is 1. The van der Waals surface area contributed by atoms with Gasteiger partial charge in [-0.1, -0.05) is 11.6 Å². The molecule has 0 aromatic heterocycles. The van der Waals surface area contributed by atoms with Crippen LogP contribution in [0, 0.1) is 16.0 Å². The first-order valence-electron chi connectivity index (χ1n) is 9.70. The molecule has 2 heterocycles. The summed E-state index contributed by atoms with van der Waals surface area (Å²) in [4.78, 5) is 24.8. The number of piperazine rings is 1. The van der Waals surface area contributed by atoms with Gasteiger partial charge in [0.25, 0.3) is 5.69 Å². The van der Waals surface area contributed by atoms with E-state index < -0.39 is 14.9 Å². The number of nitrogens with zero attached hydrogens (tertiary/aromatic N) is 3. The van der Waals surface area contributed by atoms with Crippen molar-refractivity contribution >= 4 is 33.2 Å². The highest BCUT2D eigenvalue weighted by Crippen LogP contribution is 2.31. The molecule has 0 spiro atoms. The normalized spacial score (nSPS) is 19.4. The van der Waals surface area contributed by atoms with Crippen molar-refractivity contribution < 1.29 is 22.9 Å². The number of rotatable bonds is 4. The molecule has 1 atom stereocenters. The largest absolute Gasteiger partial charge is 0.492 e. The molecule has 11 heteroatoms. The van der Waals surface area contributed by atoms with Crippen LogP contribution in [-0.2, 0) is 21.2 Å². The van der Waals surface area contributed by atoms with Crippen LogP contribution in [0.15, 0.2) is 47.4 Å². The van der Waals surface area contributed by atoms with Gasteiger partial charge >= 0.3 is 0 Å². The highest BCUT2D eigenvalue weighted by Gasteiger charge is 2.34. The van der Waals surface area contributed by atoms with Gasteiger partial charge in [0, 0.05) is 43.3 Å². The van der Waals surface area contributed by atoms with Crippen LogP contribution in [-0.4, -0.2) is 61.2 Å². The topological polar surface area (TPSA) is 110 Å². The van der Waals surface area contributed by atoms with Crippen molar-refractivity contribution in [2.75, 3.05) is 32.8 Å². The highest BCUT2D eigenvalue weighted by atomic mass is 35.5. The molecule has 9 nitrogen and oxygen atoms in total. The number of sulfonamides is 1. The van der Waals surface area contributed by atoms with Crippen molar-refractivity contribution in [3.63, 3.8) is 0 Å². The molecule has 0 N–H and O–H groups in total. The van der Waals surface area contributed by atoms with Crippen molar-refractivity contribution in [3.05, 3.63) is 63.2 Å². The minimum atomic E-state index is -3.79. The van der Waals surface area contributed by atoms with Gasteiger partial charge < -0.3 is 9.64 Å². The number of nitro groups is 1. The number of hydrogen-bond donors (Lipinski definition) is 0. The molecule has 164 valence electrons. The molecular weight excluding hydrogens is 446 g/mol. The molecular formula is C20H20ClN3O6S. The summed E-state index contributed by atoms with van der Waals surface area (Å²) in [7, 11) is -3.79. The van der Waals surface area contributed by atoms with E-state index in [0.29, 0.717) is 11.4 Å². The third-order valence-electron chi connectivity index (χ3n) is 5.51. The molecule has 1 fully saturated rings. The van der Waals surface area contributed by atoms with Crippen LogP contribution < -0.4 is 4.74 Å². The van der Waals surface area contributed by atoms with Crippen molar-refractivity contribution in [1.82, 2.24) is 9.21 Å². The molecule has 2 aromatic carbocycles. The van der Waals surface area contributed by atoms with Gasteiger partial charge in [-0.05, 0) is 42.3 Å². The molecule has 0 bridgehead atoms. The first-order valence-corrected chi connectivity index (χ1v) is 11.5. The van der Waals surface area contributed by atoms with Crippen LogP contribution in [0.25, 0.3) is 0 Å². The minimum absolute atomic E-state index is 0.00737. The van der Waals surface area contributed by atoms with Crippen molar-refractivity contribution in [2.45, 2.75) is 11.3 Å². The third kappa shape index (κ3) is 4.36. The smallest absolute Gasteiger partial charge is 0.269 e. The number of hydrogen-bond acceptors (Lipinski definition) is 6. The molecule has 2 aliphatic heterocycles. The minimum Gasteiger partial charge on any atom is -0.492 e. The Bertz CT molecular complexity index is 1110. The molecule has 0 radical (unpaired) electrons. The lowest BCUT2D eigenvalue weighted by Gasteiger charge is -2.36. The van der Waals surface area contributed by atoms with Gasteiger partial charge in [0.05, 0.1) is 15.7 Å². The zero-order valence-corrected chi connectivity index (χ0v) is 18.0. The SMILES string of the molecule is O=C(C1COc2ccc(Cl)cc2C1)N1CCN(S(=O)(=O)c2ccc([N+](=O)[O-])cc2)CC1. The summed E-state index contributed by atoms with van der Waals surface area (Å²) in [6, 6.07) is 10.1. The number of non-ortho nitro benzene ring substituents is 1. The van der Waals surface area contributed by atoms with Crippen LogP contribution in [0.2, 0.25) is 5.02 Å². The molecule has 0 saturated carbocycles. The zero-order valence-electron chi connectivity index (χ0n) is 16.4. The maximum Gasteiger partial charge on any atom is 0.269 e. The summed E-state index contributed by atoms with van der Waals surface area (Å²) in [5.41, 5.74) is 0.711. The second-order valence-electron chi connectivity index (χ2n) is 7.44. The number of fused-ring (bicyclic) bond motifs is 1. The summed E-state index contributed by atoms with van der Waals surface area (Å²) in [5.74, 6) is 0.314. The maximum atomic E-state index is 13.0. The predicted octanol–water partition coefficient (Wildman–Crippen LogP) is 2.33. The van der Waals surface area contributed by atoms with Gasteiger partial charge in [0.15, 0.2) is 0 Å². The second kappa shape index (κ2) is 8.45. The van der Waals surface area contributed by atoms with E-state index in [2.05, 4.69) is 0 Å². The van der Waals surface area contributed by atoms with E-state index in [0.717, 1.165) is 11.3 Å². The number of nitro benzene ring substituents is 1. The average molecular weight is 466 g/mol. The Labute approximate surface area is 184 Å². The van der Waals surface area contributed by atoms with E-state index in [1.807, 2.05) is 0 Å². The van der Waals surface area contributed by atoms with Crippen LogP contribution in [0.4, 0.5) is 5.69 Å². The number of halogens is 1. The molecule has 0 aliphatic carbocycles. The molecule has 1 amide bonds. The van der Waals surface area contributed by atoms with Gasteiger partial charge in [-0.2, -0.15) is 4.31 Å². The first kappa shape index (κ1) is 21.5. The summed E-state index contributed by atoms with van der Waals surface area (Å²) in [5, 5.41) is 11.4. The Morgan fingerprint density at radius 2 is 1.77 bits per heavy atom. The lowest BCUT2D eigenvalue weighted by atomic mass is 9.95. The van der Waals surface area contributed by atoms with Gasteiger partial charge in [-0.25, -0.2) is 8.42 Å². The van der Waals surface area contributed by atoms with E-state index in [1.54, 1.807) is 23.1 Å². The van der Waals surface area contributed by atoms with E-state index in [1.165, 1.54) is 28.6 Å². The lowest BCUT2D eigenvalue weighted by Crippen LogP contribution is -2.52. The van der Waals surface area contributed by atoms with Gasteiger partial charge in [-0.15, -0.1) is 0 Å². The fourth-order valence-corrected chi connectivity index (χ4v) is 5.43. The quantitative estimate of drug-likeness (QED) is 0.506. The maximum absolute atomic E-state index is 13.0.